The van der Waals surface area contributed by atoms with Crippen molar-refractivity contribution in [2.45, 2.75) is 90.4 Å². The van der Waals surface area contributed by atoms with Crippen LogP contribution in [-0.4, -0.2) is 18.2 Å². The quantitative estimate of drug-likeness (QED) is 0.0550. The first-order valence-electron chi connectivity index (χ1n) is 17.3. The molecule has 254 valence electrons. The minimum atomic E-state index is -0.985. The van der Waals surface area contributed by atoms with Gasteiger partial charge in [-0.2, -0.15) is 0 Å². The number of methoxy groups -OCH3 is 1. The molecule has 4 aromatic rings. The molecule has 0 saturated carbocycles. The van der Waals surface area contributed by atoms with Gasteiger partial charge in [-0.05, 0) is 41.8 Å². The van der Waals surface area contributed by atoms with Crippen molar-refractivity contribution < 1.29 is 28.8 Å². The van der Waals surface area contributed by atoms with Gasteiger partial charge in [0.05, 0.1) is 7.11 Å². The predicted octanol–water partition coefficient (Wildman–Crippen LogP) is 10.4. The molecule has 0 aromatic heterocycles. The predicted molar refractivity (Wildman–Crippen MR) is 192 cm³/mol. The molecule has 1 N–H and O–H groups in total. The molecule has 0 fully saturated rings. The van der Waals surface area contributed by atoms with Gasteiger partial charge >= 0.3 is 5.97 Å². The van der Waals surface area contributed by atoms with Crippen LogP contribution < -0.4 is 18.9 Å². The van der Waals surface area contributed by atoms with Crippen LogP contribution in [0.2, 0.25) is 0 Å². The van der Waals surface area contributed by atoms with Gasteiger partial charge in [0, 0.05) is 29.7 Å². The van der Waals surface area contributed by atoms with Crippen LogP contribution in [0.4, 0.5) is 0 Å². The summed E-state index contributed by atoms with van der Waals surface area (Å²) in [7, 11) is 1.61. The van der Waals surface area contributed by atoms with E-state index in [1.807, 2.05) is 84.9 Å². The van der Waals surface area contributed by atoms with E-state index in [4.69, 9.17) is 18.9 Å². The number of hydrogen-bond acceptors (Lipinski definition) is 6. The number of unbranched alkanes of at least 4 members (excludes halogenated alkanes) is 8. The Hall–Kier alpha value is -4.55. The molecule has 48 heavy (non-hydrogen) atoms. The molecule has 4 aromatic carbocycles. The lowest BCUT2D eigenvalue weighted by Crippen LogP contribution is -2.08. The van der Waals surface area contributed by atoms with Crippen molar-refractivity contribution in [3.63, 3.8) is 0 Å². The Labute approximate surface area is 286 Å². The Kier molecular flexibility index (Phi) is 15.6. The van der Waals surface area contributed by atoms with Crippen LogP contribution in [0.5, 0.6) is 23.0 Å². The number of carbonyl (C=O) groups is 1. The van der Waals surface area contributed by atoms with Crippen molar-refractivity contribution in [2.24, 2.45) is 0 Å². The zero-order valence-corrected chi connectivity index (χ0v) is 28.4. The number of rotatable bonds is 21. The van der Waals surface area contributed by atoms with Gasteiger partial charge in [0.25, 0.3) is 0 Å². The second-order valence-electron chi connectivity index (χ2n) is 12.0. The van der Waals surface area contributed by atoms with E-state index in [0.717, 1.165) is 36.0 Å². The lowest BCUT2D eigenvalue weighted by molar-refractivity contribution is -0.134. The number of aliphatic hydroxyl groups is 1. The van der Waals surface area contributed by atoms with Crippen LogP contribution in [0.15, 0.2) is 103 Å². The highest BCUT2D eigenvalue weighted by molar-refractivity contribution is 5.72. The highest BCUT2D eigenvalue weighted by Crippen LogP contribution is 2.33. The van der Waals surface area contributed by atoms with Crippen molar-refractivity contribution in [3.8, 4) is 23.0 Å². The van der Waals surface area contributed by atoms with Crippen molar-refractivity contribution in [1.29, 1.82) is 0 Å². The highest BCUT2D eigenvalue weighted by Gasteiger charge is 2.15. The Morgan fingerprint density at radius 3 is 1.92 bits per heavy atom. The molecule has 6 heteroatoms. The summed E-state index contributed by atoms with van der Waals surface area (Å²) < 4.78 is 23.4. The molecule has 0 saturated heterocycles. The maximum Gasteiger partial charge on any atom is 0.311 e. The molecule has 6 nitrogen and oxygen atoms in total. The fourth-order valence-corrected chi connectivity index (χ4v) is 5.40. The maximum atomic E-state index is 12.6. The van der Waals surface area contributed by atoms with Crippen LogP contribution in [0.3, 0.4) is 0 Å². The summed E-state index contributed by atoms with van der Waals surface area (Å²) in [6, 6.07) is 30.5. The van der Waals surface area contributed by atoms with E-state index in [0.29, 0.717) is 48.2 Å². The maximum absolute atomic E-state index is 12.6. The first-order valence-corrected chi connectivity index (χ1v) is 17.3. The van der Waals surface area contributed by atoms with E-state index >= 15 is 0 Å². The molecule has 1 atom stereocenters. The van der Waals surface area contributed by atoms with Crippen LogP contribution in [0.25, 0.3) is 6.08 Å². The largest absolute Gasteiger partial charge is 0.496 e. The van der Waals surface area contributed by atoms with Crippen molar-refractivity contribution in [3.05, 3.63) is 125 Å². The molecular weight excluding hydrogens is 600 g/mol. The van der Waals surface area contributed by atoms with Crippen molar-refractivity contribution in [2.75, 3.05) is 7.11 Å². The third-order valence-corrected chi connectivity index (χ3v) is 8.17. The fraction of sp³-hybridized carbons (Fsp3) is 0.357. The number of aliphatic hydroxyl groups excluding tert-OH is 1. The summed E-state index contributed by atoms with van der Waals surface area (Å²) in [5.41, 5.74) is 3.41. The minimum Gasteiger partial charge on any atom is -0.496 e. The van der Waals surface area contributed by atoms with Crippen LogP contribution in [0, 0.1) is 0 Å². The SMILES string of the molecule is CCCCCCCCCCCC(=O)Oc1ccc(C(O)C=Cc2ccc(OCc3ccccc3)cc2OC)c(OCc2ccccc2)c1. The molecule has 0 aliphatic heterocycles. The molecule has 0 spiro atoms. The summed E-state index contributed by atoms with van der Waals surface area (Å²) in [6.45, 7) is 2.99. The smallest absolute Gasteiger partial charge is 0.311 e. The Balaban J connectivity index is 1.38. The molecular formula is C42H50O6. The van der Waals surface area contributed by atoms with Gasteiger partial charge in [-0.25, -0.2) is 0 Å². The Morgan fingerprint density at radius 1 is 0.688 bits per heavy atom. The standard InChI is InChI=1S/C42H50O6/c1-3-4-5-6-7-8-9-10-17-22-42(44)48-37-26-27-38(41(30-37)47-32-34-20-15-12-16-21-34)39(43)28-24-35-23-25-36(29-40(35)45-2)46-31-33-18-13-11-14-19-33/h11-16,18-21,23-30,39,43H,3-10,17,22,31-32H2,1-2H3. The third kappa shape index (κ3) is 12.6. The van der Waals surface area contributed by atoms with E-state index < -0.39 is 6.10 Å². The molecule has 0 amide bonds. The second-order valence-corrected chi connectivity index (χ2v) is 12.0. The van der Waals surface area contributed by atoms with Crippen LogP contribution in [0.1, 0.15) is 99.5 Å². The number of carbonyl (C=O) groups excluding carboxylic acids is 1. The first kappa shape index (κ1) is 36.3. The van der Waals surface area contributed by atoms with Gasteiger partial charge in [0.2, 0.25) is 0 Å². The number of benzene rings is 4. The summed E-state index contributed by atoms with van der Waals surface area (Å²) in [5.74, 6) is 1.89. The van der Waals surface area contributed by atoms with Gasteiger partial charge in [0.15, 0.2) is 0 Å². The van der Waals surface area contributed by atoms with Crippen molar-refractivity contribution in [1.82, 2.24) is 0 Å². The van der Waals surface area contributed by atoms with E-state index in [9.17, 15) is 9.90 Å². The Morgan fingerprint density at radius 2 is 1.27 bits per heavy atom. The highest BCUT2D eigenvalue weighted by atomic mass is 16.5. The monoisotopic (exact) mass is 650 g/mol. The minimum absolute atomic E-state index is 0.261. The zero-order valence-electron chi connectivity index (χ0n) is 28.4. The van der Waals surface area contributed by atoms with Crippen LogP contribution in [-0.2, 0) is 18.0 Å². The van der Waals surface area contributed by atoms with E-state index in [1.165, 1.54) is 38.5 Å². The molecule has 0 heterocycles. The Bertz CT molecular complexity index is 1530. The number of hydrogen-bond donors (Lipinski definition) is 1. The third-order valence-electron chi connectivity index (χ3n) is 8.17. The summed E-state index contributed by atoms with van der Waals surface area (Å²) in [6.07, 6.45) is 13.6. The normalized spacial score (nSPS) is 11.7. The molecule has 0 bridgehead atoms. The average Bonchev–Trinajstić information content (AvgIpc) is 3.12. The lowest BCUT2D eigenvalue weighted by Gasteiger charge is -2.16. The number of ether oxygens (including phenoxy) is 4. The van der Waals surface area contributed by atoms with E-state index in [-0.39, 0.29) is 5.97 Å². The molecule has 1 unspecified atom stereocenters. The summed E-state index contributed by atoms with van der Waals surface area (Å²) >= 11 is 0. The summed E-state index contributed by atoms with van der Waals surface area (Å²) in [5, 5.41) is 11.3. The van der Waals surface area contributed by atoms with E-state index in [1.54, 1.807) is 31.4 Å². The van der Waals surface area contributed by atoms with Gasteiger partial charge in [-0.15, -0.1) is 0 Å². The topological polar surface area (TPSA) is 74.2 Å². The fourth-order valence-electron chi connectivity index (χ4n) is 5.40. The molecule has 0 radical (unpaired) electrons. The average molecular weight is 651 g/mol. The zero-order chi connectivity index (χ0) is 33.8. The molecule has 4 rings (SSSR count). The second kappa shape index (κ2) is 20.6. The first-order chi connectivity index (χ1) is 23.6. The summed E-state index contributed by atoms with van der Waals surface area (Å²) in [4.78, 5) is 12.6. The molecule has 0 aliphatic rings. The number of esters is 1. The van der Waals surface area contributed by atoms with Gasteiger partial charge in [0.1, 0.15) is 42.3 Å². The molecule has 0 aliphatic carbocycles. The van der Waals surface area contributed by atoms with Crippen molar-refractivity contribution >= 4 is 12.0 Å². The van der Waals surface area contributed by atoms with E-state index in [2.05, 4.69) is 6.92 Å². The van der Waals surface area contributed by atoms with Crippen LogP contribution >= 0.6 is 0 Å². The van der Waals surface area contributed by atoms with Gasteiger partial charge in [-0.1, -0.05) is 131 Å². The van der Waals surface area contributed by atoms with Gasteiger partial charge in [-0.3, -0.25) is 4.79 Å². The lowest BCUT2D eigenvalue weighted by atomic mass is 10.1. The van der Waals surface area contributed by atoms with Gasteiger partial charge < -0.3 is 24.1 Å².